The van der Waals surface area contributed by atoms with Crippen LogP contribution in [0.1, 0.15) is 13.8 Å². The molecule has 0 unspecified atom stereocenters. The van der Waals surface area contributed by atoms with Crippen molar-refractivity contribution in [3.05, 3.63) is 28.7 Å². The molecule has 78 valence electrons. The molecule has 2 N–H and O–H groups in total. The summed E-state index contributed by atoms with van der Waals surface area (Å²) in [7, 11) is 0. The van der Waals surface area contributed by atoms with Crippen molar-refractivity contribution < 1.29 is 0 Å². The Balaban J connectivity index is 2.28. The van der Waals surface area contributed by atoms with E-state index in [9.17, 15) is 0 Å². The minimum Gasteiger partial charge on any atom is -0.383 e. The molecule has 0 spiro atoms. The van der Waals surface area contributed by atoms with Crippen LogP contribution in [0.4, 0.5) is 5.69 Å². The first-order chi connectivity index (χ1) is 6.70. The van der Waals surface area contributed by atoms with E-state index >= 15 is 0 Å². The normalized spacial score (nSPS) is 10.6. The van der Waals surface area contributed by atoms with Crippen molar-refractivity contribution in [1.82, 2.24) is 5.32 Å². The van der Waals surface area contributed by atoms with E-state index in [0.717, 1.165) is 23.2 Å². The van der Waals surface area contributed by atoms with Crippen LogP contribution in [0.15, 0.2) is 28.7 Å². The van der Waals surface area contributed by atoms with Gasteiger partial charge in [0.25, 0.3) is 0 Å². The van der Waals surface area contributed by atoms with Crippen molar-refractivity contribution in [3.63, 3.8) is 0 Å². The molecular weight excluding hydrogens is 240 g/mol. The van der Waals surface area contributed by atoms with Gasteiger partial charge in [-0.2, -0.15) is 0 Å². The van der Waals surface area contributed by atoms with Crippen LogP contribution >= 0.6 is 15.9 Å². The molecule has 0 aliphatic carbocycles. The molecule has 0 fully saturated rings. The average molecular weight is 257 g/mol. The number of nitrogens with one attached hydrogen (secondary N) is 2. The van der Waals surface area contributed by atoms with Crippen LogP contribution in [0.3, 0.4) is 0 Å². The molecule has 0 bridgehead atoms. The molecule has 14 heavy (non-hydrogen) atoms. The third-order valence-electron chi connectivity index (χ3n) is 1.87. The smallest absolute Gasteiger partial charge is 0.0485 e. The second-order valence-electron chi connectivity index (χ2n) is 3.52. The van der Waals surface area contributed by atoms with E-state index in [1.807, 2.05) is 18.2 Å². The Labute approximate surface area is 94.2 Å². The topological polar surface area (TPSA) is 24.1 Å². The Kier molecular flexibility index (Phi) is 4.98. The third kappa shape index (κ3) is 4.11. The summed E-state index contributed by atoms with van der Waals surface area (Å²) in [5.74, 6) is 0. The second-order valence-corrected chi connectivity index (χ2v) is 4.37. The molecule has 0 atom stereocenters. The van der Waals surface area contributed by atoms with Gasteiger partial charge in [-0.15, -0.1) is 0 Å². The number of anilines is 1. The molecule has 0 aliphatic rings. The van der Waals surface area contributed by atoms with E-state index in [1.165, 1.54) is 0 Å². The van der Waals surface area contributed by atoms with Crippen LogP contribution in [0, 0.1) is 0 Å². The molecule has 0 heterocycles. The number of halogens is 1. The molecule has 0 amide bonds. The highest BCUT2D eigenvalue weighted by Gasteiger charge is 1.96. The lowest BCUT2D eigenvalue weighted by Gasteiger charge is -2.10. The van der Waals surface area contributed by atoms with E-state index in [4.69, 9.17) is 0 Å². The summed E-state index contributed by atoms with van der Waals surface area (Å²) in [4.78, 5) is 0. The maximum Gasteiger partial charge on any atom is 0.0485 e. The molecule has 1 aromatic carbocycles. The van der Waals surface area contributed by atoms with E-state index in [0.29, 0.717) is 6.04 Å². The fourth-order valence-corrected chi connectivity index (χ4v) is 1.59. The zero-order chi connectivity index (χ0) is 10.4. The average Bonchev–Trinajstić information content (AvgIpc) is 2.15. The molecule has 1 aromatic rings. The van der Waals surface area contributed by atoms with Crippen molar-refractivity contribution in [1.29, 1.82) is 0 Å². The van der Waals surface area contributed by atoms with E-state index in [1.54, 1.807) is 0 Å². The fraction of sp³-hybridized carbons (Fsp3) is 0.455. The van der Waals surface area contributed by atoms with Crippen molar-refractivity contribution in [2.45, 2.75) is 19.9 Å². The van der Waals surface area contributed by atoms with Gasteiger partial charge in [-0.25, -0.2) is 0 Å². The number of hydrogen-bond donors (Lipinski definition) is 2. The van der Waals surface area contributed by atoms with Crippen LogP contribution in [-0.4, -0.2) is 19.1 Å². The van der Waals surface area contributed by atoms with E-state index in [-0.39, 0.29) is 0 Å². The van der Waals surface area contributed by atoms with Gasteiger partial charge in [0.05, 0.1) is 0 Å². The van der Waals surface area contributed by atoms with Gasteiger partial charge in [0, 0.05) is 29.3 Å². The first-order valence-corrected chi connectivity index (χ1v) is 5.71. The lowest BCUT2D eigenvalue weighted by Crippen LogP contribution is -2.28. The highest BCUT2D eigenvalue weighted by molar-refractivity contribution is 9.10. The van der Waals surface area contributed by atoms with Crippen molar-refractivity contribution in [2.24, 2.45) is 0 Å². The summed E-state index contributed by atoms with van der Waals surface area (Å²) < 4.78 is 1.12. The van der Waals surface area contributed by atoms with Gasteiger partial charge in [-0.1, -0.05) is 26.0 Å². The van der Waals surface area contributed by atoms with Crippen LogP contribution in [0.2, 0.25) is 0 Å². The number of hydrogen-bond acceptors (Lipinski definition) is 2. The summed E-state index contributed by atoms with van der Waals surface area (Å²) >= 11 is 3.49. The molecule has 0 saturated heterocycles. The first kappa shape index (κ1) is 11.5. The van der Waals surface area contributed by atoms with Crippen LogP contribution < -0.4 is 10.6 Å². The first-order valence-electron chi connectivity index (χ1n) is 4.92. The van der Waals surface area contributed by atoms with Gasteiger partial charge >= 0.3 is 0 Å². The van der Waals surface area contributed by atoms with Gasteiger partial charge in [-0.05, 0) is 28.1 Å². The van der Waals surface area contributed by atoms with Crippen molar-refractivity contribution in [3.8, 4) is 0 Å². The van der Waals surface area contributed by atoms with Gasteiger partial charge in [0.2, 0.25) is 0 Å². The number of benzene rings is 1. The number of para-hydroxylation sites is 1. The predicted octanol–water partition coefficient (Wildman–Crippen LogP) is 2.86. The monoisotopic (exact) mass is 256 g/mol. The maximum absolute atomic E-state index is 3.49. The highest BCUT2D eigenvalue weighted by Crippen LogP contribution is 2.20. The van der Waals surface area contributed by atoms with E-state index in [2.05, 4.69) is 46.5 Å². The minimum absolute atomic E-state index is 0.552. The van der Waals surface area contributed by atoms with Gasteiger partial charge in [0.15, 0.2) is 0 Å². The quantitative estimate of drug-likeness (QED) is 0.792. The van der Waals surface area contributed by atoms with Crippen molar-refractivity contribution in [2.75, 3.05) is 18.4 Å². The Bertz CT molecular complexity index is 274. The lowest BCUT2D eigenvalue weighted by atomic mass is 10.3. The molecule has 2 nitrogen and oxygen atoms in total. The highest BCUT2D eigenvalue weighted by atomic mass is 79.9. The van der Waals surface area contributed by atoms with Gasteiger partial charge in [-0.3, -0.25) is 0 Å². The minimum atomic E-state index is 0.552. The summed E-state index contributed by atoms with van der Waals surface area (Å²) in [5, 5.41) is 6.72. The Morgan fingerprint density at radius 3 is 2.57 bits per heavy atom. The molecule has 1 rings (SSSR count). The zero-order valence-electron chi connectivity index (χ0n) is 8.68. The molecule has 0 radical (unpaired) electrons. The Morgan fingerprint density at radius 2 is 1.93 bits per heavy atom. The summed E-state index contributed by atoms with van der Waals surface area (Å²) in [6, 6.07) is 8.71. The van der Waals surface area contributed by atoms with Crippen molar-refractivity contribution >= 4 is 21.6 Å². The fourth-order valence-electron chi connectivity index (χ4n) is 1.16. The molecule has 0 aromatic heterocycles. The summed E-state index contributed by atoms with van der Waals surface area (Å²) in [6.07, 6.45) is 0. The molecule has 0 saturated carbocycles. The number of rotatable bonds is 5. The maximum atomic E-state index is 3.49. The SMILES string of the molecule is CC(C)NCCNc1ccccc1Br. The zero-order valence-corrected chi connectivity index (χ0v) is 10.3. The standard InChI is InChI=1S/C11H17BrN2/c1-9(2)13-7-8-14-11-6-4-3-5-10(11)12/h3-6,9,13-14H,7-8H2,1-2H3. The van der Waals surface area contributed by atoms with Gasteiger partial charge < -0.3 is 10.6 Å². The molecular formula is C11H17BrN2. The third-order valence-corrected chi connectivity index (χ3v) is 2.56. The van der Waals surface area contributed by atoms with Crippen LogP contribution in [0.5, 0.6) is 0 Å². The Hall–Kier alpha value is -0.540. The van der Waals surface area contributed by atoms with Crippen LogP contribution in [0.25, 0.3) is 0 Å². The molecule has 3 heteroatoms. The van der Waals surface area contributed by atoms with Gasteiger partial charge in [0.1, 0.15) is 0 Å². The van der Waals surface area contributed by atoms with E-state index < -0.39 is 0 Å². The molecule has 0 aliphatic heterocycles. The second kappa shape index (κ2) is 6.04. The summed E-state index contributed by atoms with van der Waals surface area (Å²) in [5.41, 5.74) is 1.15. The summed E-state index contributed by atoms with van der Waals surface area (Å²) in [6.45, 7) is 6.23. The lowest BCUT2D eigenvalue weighted by molar-refractivity contribution is 0.602. The predicted molar refractivity (Wildman–Crippen MR) is 65.8 cm³/mol. The Morgan fingerprint density at radius 1 is 1.21 bits per heavy atom. The van der Waals surface area contributed by atoms with Crippen LogP contribution in [-0.2, 0) is 0 Å². The largest absolute Gasteiger partial charge is 0.383 e.